The fourth-order valence-electron chi connectivity index (χ4n) is 4.07. The molecule has 0 heterocycles. The Hall–Kier alpha value is -2.09. The summed E-state index contributed by atoms with van der Waals surface area (Å²) in [5.41, 5.74) is 7.04. The Kier molecular flexibility index (Phi) is 5.80. The molecule has 2 heteroatoms. The van der Waals surface area contributed by atoms with Crippen molar-refractivity contribution in [2.24, 2.45) is 0 Å². The lowest BCUT2D eigenvalue weighted by Crippen LogP contribution is -2.35. The zero-order chi connectivity index (χ0) is 17.2. The van der Waals surface area contributed by atoms with Crippen LogP contribution in [-0.4, -0.2) is 25.0 Å². The van der Waals surface area contributed by atoms with Crippen molar-refractivity contribution in [3.8, 4) is 11.1 Å². The van der Waals surface area contributed by atoms with Crippen LogP contribution in [0.5, 0.6) is 0 Å². The van der Waals surface area contributed by atoms with Crippen LogP contribution in [0, 0.1) is 0 Å². The molecule has 0 aromatic heterocycles. The maximum Gasteiger partial charge on any atom is 0.0139 e. The number of likely N-dealkylation sites (N-methyl/N-ethyl adjacent to an activating group) is 1. The van der Waals surface area contributed by atoms with Gasteiger partial charge in [-0.2, -0.15) is 0 Å². The highest BCUT2D eigenvalue weighted by molar-refractivity contribution is 5.85. The average molecular weight is 364 g/mol. The van der Waals surface area contributed by atoms with Gasteiger partial charge in [-0.25, -0.2) is 0 Å². The molecule has 2 atom stereocenters. The van der Waals surface area contributed by atoms with Gasteiger partial charge in [0.1, 0.15) is 0 Å². The molecule has 0 bridgehead atoms. The van der Waals surface area contributed by atoms with Gasteiger partial charge in [0, 0.05) is 12.0 Å². The molecule has 0 spiro atoms. The quantitative estimate of drug-likeness (QED) is 0.569. The predicted molar refractivity (Wildman–Crippen MR) is 113 cm³/mol. The lowest BCUT2D eigenvalue weighted by Gasteiger charge is -2.35. The van der Waals surface area contributed by atoms with E-state index in [1.54, 1.807) is 0 Å². The van der Waals surface area contributed by atoms with E-state index < -0.39 is 0 Å². The molecule has 0 saturated heterocycles. The first kappa shape index (κ1) is 18.7. The maximum absolute atomic E-state index is 2.38. The molecule has 0 amide bonds. The number of hydrogen-bond donors (Lipinski definition) is 0. The summed E-state index contributed by atoms with van der Waals surface area (Å²) in [4.78, 5) is 2.38. The summed E-state index contributed by atoms with van der Waals surface area (Å²) in [7, 11) is 4.41. The molecule has 3 aromatic carbocycles. The van der Waals surface area contributed by atoms with E-state index >= 15 is 0 Å². The Morgan fingerprint density at radius 3 is 2.23 bits per heavy atom. The highest BCUT2D eigenvalue weighted by atomic mass is 35.5. The maximum atomic E-state index is 2.38. The average Bonchev–Trinajstić information content (AvgIpc) is 2.68. The molecule has 26 heavy (non-hydrogen) atoms. The minimum Gasteiger partial charge on any atom is -0.306 e. The van der Waals surface area contributed by atoms with Crippen LogP contribution < -0.4 is 0 Å². The van der Waals surface area contributed by atoms with Crippen molar-refractivity contribution >= 4 is 12.4 Å². The van der Waals surface area contributed by atoms with E-state index in [1.807, 2.05) is 0 Å². The summed E-state index contributed by atoms with van der Waals surface area (Å²) in [6.45, 7) is 0. The van der Waals surface area contributed by atoms with Crippen molar-refractivity contribution in [3.05, 3.63) is 95.6 Å². The zero-order valence-electron chi connectivity index (χ0n) is 15.4. The number of nitrogens with zero attached hydrogens (tertiary/aromatic N) is 1. The Balaban J connectivity index is 0.00000196. The summed E-state index contributed by atoms with van der Waals surface area (Å²) in [6, 6.07) is 29.4. The van der Waals surface area contributed by atoms with Gasteiger partial charge in [-0.15, -0.1) is 12.4 Å². The molecule has 134 valence electrons. The predicted octanol–water partition coefficient (Wildman–Crippen LogP) is 5.78. The monoisotopic (exact) mass is 363 g/mol. The van der Waals surface area contributed by atoms with E-state index in [1.165, 1.54) is 34.2 Å². The third-order valence-electron chi connectivity index (χ3n) is 5.52. The summed E-state index contributed by atoms with van der Waals surface area (Å²) in [5, 5.41) is 0. The fraction of sp³-hybridized carbons (Fsp3) is 0.250. The Labute approximate surface area is 163 Å². The Morgan fingerprint density at radius 1 is 0.769 bits per heavy atom. The number of rotatable bonds is 3. The van der Waals surface area contributed by atoms with Gasteiger partial charge in [0.25, 0.3) is 0 Å². The van der Waals surface area contributed by atoms with Crippen molar-refractivity contribution in [2.45, 2.75) is 24.8 Å². The minimum atomic E-state index is 0. The van der Waals surface area contributed by atoms with E-state index in [4.69, 9.17) is 0 Å². The smallest absolute Gasteiger partial charge is 0.0139 e. The first-order valence-corrected chi connectivity index (χ1v) is 9.12. The number of halogens is 1. The van der Waals surface area contributed by atoms with Crippen LogP contribution >= 0.6 is 12.4 Å². The molecular formula is C24H26ClN. The topological polar surface area (TPSA) is 3.24 Å². The second kappa shape index (κ2) is 8.07. The van der Waals surface area contributed by atoms with Crippen LogP contribution in [-0.2, 0) is 6.42 Å². The standard InChI is InChI=1S/C24H25N.ClH/c1-25(2)22-16-21-11-6-7-14-23(21)24(17-22)20-13-8-12-19(15-20)18-9-4-3-5-10-18;/h3-15,22,24H,16-17H2,1-2H3;1H/t22-,24-;/m1./s1. The molecule has 0 fully saturated rings. The molecule has 1 aliphatic rings. The van der Waals surface area contributed by atoms with Gasteiger partial charge in [0.15, 0.2) is 0 Å². The van der Waals surface area contributed by atoms with E-state index in [9.17, 15) is 0 Å². The van der Waals surface area contributed by atoms with Crippen molar-refractivity contribution < 1.29 is 0 Å². The first-order chi connectivity index (χ1) is 12.2. The summed E-state index contributed by atoms with van der Waals surface area (Å²) in [6.07, 6.45) is 2.33. The highest BCUT2D eigenvalue weighted by Crippen LogP contribution is 2.39. The Morgan fingerprint density at radius 2 is 1.46 bits per heavy atom. The second-order valence-corrected chi connectivity index (χ2v) is 7.30. The van der Waals surface area contributed by atoms with Crippen molar-refractivity contribution in [2.75, 3.05) is 14.1 Å². The lowest BCUT2D eigenvalue weighted by molar-refractivity contribution is 0.258. The van der Waals surface area contributed by atoms with Crippen LogP contribution in [0.2, 0.25) is 0 Å². The molecule has 3 aromatic rings. The van der Waals surface area contributed by atoms with Gasteiger partial charge in [-0.3, -0.25) is 0 Å². The van der Waals surface area contributed by atoms with Crippen molar-refractivity contribution in [1.82, 2.24) is 4.90 Å². The largest absolute Gasteiger partial charge is 0.306 e. The van der Waals surface area contributed by atoms with Gasteiger partial charge in [-0.1, -0.05) is 78.9 Å². The van der Waals surface area contributed by atoms with Crippen molar-refractivity contribution in [3.63, 3.8) is 0 Å². The summed E-state index contributed by atoms with van der Waals surface area (Å²) in [5.74, 6) is 0.473. The van der Waals surface area contributed by atoms with Crippen LogP contribution in [0.25, 0.3) is 11.1 Å². The minimum absolute atomic E-state index is 0. The van der Waals surface area contributed by atoms with Crippen LogP contribution in [0.3, 0.4) is 0 Å². The van der Waals surface area contributed by atoms with E-state index in [0.717, 1.165) is 6.42 Å². The van der Waals surface area contributed by atoms with Crippen LogP contribution in [0.4, 0.5) is 0 Å². The van der Waals surface area contributed by atoms with E-state index in [-0.39, 0.29) is 12.4 Å². The first-order valence-electron chi connectivity index (χ1n) is 9.12. The second-order valence-electron chi connectivity index (χ2n) is 7.30. The molecule has 1 nitrogen and oxygen atoms in total. The third-order valence-corrected chi connectivity index (χ3v) is 5.52. The van der Waals surface area contributed by atoms with Gasteiger partial charge >= 0.3 is 0 Å². The molecule has 0 radical (unpaired) electrons. The SMILES string of the molecule is CN(C)[C@@H]1Cc2ccccc2[C@@H](c2cccc(-c3ccccc3)c2)C1.Cl. The molecular weight excluding hydrogens is 338 g/mol. The van der Waals surface area contributed by atoms with E-state index in [0.29, 0.717) is 12.0 Å². The lowest BCUT2D eigenvalue weighted by atomic mass is 9.76. The molecule has 4 rings (SSSR count). The van der Waals surface area contributed by atoms with Crippen LogP contribution in [0.1, 0.15) is 29.0 Å². The number of benzene rings is 3. The number of fused-ring (bicyclic) bond motifs is 1. The van der Waals surface area contributed by atoms with Crippen molar-refractivity contribution in [1.29, 1.82) is 0 Å². The molecule has 0 saturated carbocycles. The molecule has 1 aliphatic carbocycles. The normalized spacial score (nSPS) is 18.9. The summed E-state index contributed by atoms with van der Waals surface area (Å²) >= 11 is 0. The summed E-state index contributed by atoms with van der Waals surface area (Å²) < 4.78 is 0. The van der Waals surface area contributed by atoms with Gasteiger partial charge in [-0.05, 0) is 54.8 Å². The molecule has 0 N–H and O–H groups in total. The van der Waals surface area contributed by atoms with Gasteiger partial charge < -0.3 is 4.90 Å². The van der Waals surface area contributed by atoms with Gasteiger partial charge in [0.05, 0.1) is 0 Å². The zero-order valence-corrected chi connectivity index (χ0v) is 16.2. The number of hydrogen-bond acceptors (Lipinski definition) is 1. The fourth-order valence-corrected chi connectivity index (χ4v) is 4.07. The highest BCUT2D eigenvalue weighted by Gasteiger charge is 2.28. The molecule has 0 unspecified atom stereocenters. The van der Waals surface area contributed by atoms with Crippen LogP contribution in [0.15, 0.2) is 78.9 Å². The van der Waals surface area contributed by atoms with Gasteiger partial charge in [0.2, 0.25) is 0 Å². The van der Waals surface area contributed by atoms with E-state index in [2.05, 4.69) is 97.9 Å². The molecule has 0 aliphatic heterocycles. The Bertz CT molecular complexity index is 857. The third kappa shape index (κ3) is 3.70.